The van der Waals surface area contributed by atoms with Crippen LogP contribution in [0.15, 0.2) is 0 Å². The normalized spacial score (nSPS) is 14.3. The number of rotatable bonds is 5. The van der Waals surface area contributed by atoms with E-state index in [9.17, 15) is 9.59 Å². The summed E-state index contributed by atoms with van der Waals surface area (Å²) in [6, 6.07) is 0.306. The van der Waals surface area contributed by atoms with Crippen molar-refractivity contribution in [3.05, 3.63) is 10.0 Å². The number of carboxylic acids is 1. The van der Waals surface area contributed by atoms with E-state index in [1.165, 1.54) is 0 Å². The standard InChI is InChI=1S/C10H12ClN3O3S/c1-14(4-6(15)12-5-2-3-5)10-13-8(11)7(18-10)9(16)17/h5H,2-4H2,1H3,(H,12,15)(H,16,17). The molecule has 98 valence electrons. The molecule has 1 aliphatic rings. The van der Waals surface area contributed by atoms with Crippen LogP contribution >= 0.6 is 22.9 Å². The Morgan fingerprint density at radius 1 is 1.61 bits per heavy atom. The number of halogens is 1. The summed E-state index contributed by atoms with van der Waals surface area (Å²) in [6.45, 7) is 0.138. The maximum Gasteiger partial charge on any atom is 0.349 e. The maximum atomic E-state index is 11.6. The molecule has 0 atom stereocenters. The first-order valence-corrected chi connectivity index (χ1v) is 6.57. The predicted molar refractivity (Wildman–Crippen MR) is 68.5 cm³/mol. The number of aromatic carboxylic acids is 1. The summed E-state index contributed by atoms with van der Waals surface area (Å²) in [5.74, 6) is -1.21. The number of nitrogens with zero attached hydrogens (tertiary/aromatic N) is 2. The van der Waals surface area contributed by atoms with Gasteiger partial charge < -0.3 is 15.3 Å². The van der Waals surface area contributed by atoms with Gasteiger partial charge in [0.25, 0.3) is 0 Å². The summed E-state index contributed by atoms with van der Waals surface area (Å²) in [6.07, 6.45) is 2.06. The van der Waals surface area contributed by atoms with Crippen molar-refractivity contribution in [1.82, 2.24) is 10.3 Å². The summed E-state index contributed by atoms with van der Waals surface area (Å²) in [5.41, 5.74) is 0. The first-order chi connectivity index (χ1) is 8.47. The van der Waals surface area contributed by atoms with Crippen molar-refractivity contribution in [2.24, 2.45) is 0 Å². The predicted octanol–water partition coefficient (Wildman–Crippen LogP) is 1.21. The lowest BCUT2D eigenvalue weighted by Gasteiger charge is -2.14. The Balaban J connectivity index is 1.99. The summed E-state index contributed by atoms with van der Waals surface area (Å²) in [4.78, 5) is 27.9. The molecule has 1 amide bonds. The van der Waals surface area contributed by atoms with E-state index < -0.39 is 5.97 Å². The minimum absolute atomic E-state index is 0.0129. The first-order valence-electron chi connectivity index (χ1n) is 5.37. The van der Waals surface area contributed by atoms with E-state index in [1.807, 2.05) is 0 Å². The van der Waals surface area contributed by atoms with Crippen LogP contribution in [0.25, 0.3) is 0 Å². The average Bonchev–Trinajstić information content (AvgIpc) is 2.97. The molecular weight excluding hydrogens is 278 g/mol. The van der Waals surface area contributed by atoms with Crippen molar-refractivity contribution in [3.63, 3.8) is 0 Å². The van der Waals surface area contributed by atoms with E-state index >= 15 is 0 Å². The summed E-state index contributed by atoms with van der Waals surface area (Å²) >= 11 is 6.66. The van der Waals surface area contributed by atoms with E-state index in [4.69, 9.17) is 16.7 Å². The molecule has 1 aliphatic carbocycles. The van der Waals surface area contributed by atoms with Crippen LogP contribution in [-0.4, -0.2) is 41.6 Å². The quantitative estimate of drug-likeness (QED) is 0.851. The molecule has 1 fully saturated rings. The number of hydrogen-bond donors (Lipinski definition) is 2. The molecule has 0 spiro atoms. The minimum Gasteiger partial charge on any atom is -0.477 e. The Bertz CT molecular complexity index is 487. The van der Waals surface area contributed by atoms with Crippen molar-refractivity contribution < 1.29 is 14.7 Å². The van der Waals surface area contributed by atoms with E-state index in [1.54, 1.807) is 11.9 Å². The number of carboxylic acid groups (broad SMARTS) is 1. The highest BCUT2D eigenvalue weighted by molar-refractivity contribution is 7.18. The van der Waals surface area contributed by atoms with E-state index in [2.05, 4.69) is 10.3 Å². The molecule has 0 aliphatic heterocycles. The van der Waals surface area contributed by atoms with Gasteiger partial charge in [0.05, 0.1) is 6.54 Å². The van der Waals surface area contributed by atoms with Crippen LogP contribution in [0.5, 0.6) is 0 Å². The Kier molecular flexibility index (Phi) is 3.72. The second kappa shape index (κ2) is 5.11. The van der Waals surface area contributed by atoms with Gasteiger partial charge in [-0.25, -0.2) is 9.78 Å². The lowest BCUT2D eigenvalue weighted by Crippen LogP contribution is -2.36. The van der Waals surface area contributed by atoms with Crippen molar-refractivity contribution in [2.75, 3.05) is 18.5 Å². The van der Waals surface area contributed by atoms with Gasteiger partial charge in [-0.3, -0.25) is 4.79 Å². The summed E-state index contributed by atoms with van der Waals surface area (Å²) in [7, 11) is 1.67. The van der Waals surface area contributed by atoms with Crippen LogP contribution in [0.1, 0.15) is 22.5 Å². The van der Waals surface area contributed by atoms with E-state index in [0.29, 0.717) is 11.2 Å². The van der Waals surface area contributed by atoms with Gasteiger partial charge in [-0.05, 0) is 12.8 Å². The van der Waals surface area contributed by atoms with E-state index in [-0.39, 0.29) is 22.5 Å². The zero-order valence-corrected chi connectivity index (χ0v) is 11.2. The number of carbonyl (C=O) groups is 2. The number of carbonyl (C=O) groups excluding carboxylic acids is 1. The Labute approximate surface area is 113 Å². The molecule has 2 rings (SSSR count). The molecule has 1 heterocycles. The number of amides is 1. The lowest BCUT2D eigenvalue weighted by molar-refractivity contribution is -0.119. The molecular formula is C10H12ClN3O3S. The van der Waals surface area contributed by atoms with Crippen LogP contribution < -0.4 is 10.2 Å². The third-order valence-electron chi connectivity index (χ3n) is 2.42. The Morgan fingerprint density at radius 2 is 2.28 bits per heavy atom. The Morgan fingerprint density at radius 3 is 2.78 bits per heavy atom. The highest BCUT2D eigenvalue weighted by atomic mass is 35.5. The fraction of sp³-hybridized carbons (Fsp3) is 0.500. The number of nitrogens with one attached hydrogen (secondary N) is 1. The van der Waals surface area contributed by atoms with Gasteiger partial charge in [0, 0.05) is 13.1 Å². The molecule has 2 N–H and O–H groups in total. The number of hydrogen-bond acceptors (Lipinski definition) is 5. The lowest BCUT2D eigenvalue weighted by atomic mass is 10.5. The summed E-state index contributed by atoms with van der Waals surface area (Å²) in [5, 5.41) is 12.1. The van der Waals surface area contributed by atoms with E-state index in [0.717, 1.165) is 24.2 Å². The smallest absolute Gasteiger partial charge is 0.349 e. The molecule has 1 saturated carbocycles. The second-order valence-electron chi connectivity index (χ2n) is 4.12. The average molecular weight is 290 g/mol. The van der Waals surface area contributed by atoms with Gasteiger partial charge in [-0.2, -0.15) is 0 Å². The Hall–Kier alpha value is -1.34. The first kappa shape index (κ1) is 13.1. The summed E-state index contributed by atoms with van der Waals surface area (Å²) < 4.78 is 0. The topological polar surface area (TPSA) is 82.5 Å². The van der Waals surface area contributed by atoms with Crippen molar-refractivity contribution >= 4 is 39.9 Å². The largest absolute Gasteiger partial charge is 0.477 e. The van der Waals surface area contributed by atoms with Gasteiger partial charge in [0.1, 0.15) is 0 Å². The third-order valence-corrected chi connectivity index (χ3v) is 3.96. The van der Waals surface area contributed by atoms with Crippen LogP contribution in [0.2, 0.25) is 5.15 Å². The van der Waals surface area contributed by atoms with Crippen LogP contribution in [0, 0.1) is 0 Å². The van der Waals surface area contributed by atoms with Crippen molar-refractivity contribution in [3.8, 4) is 0 Å². The molecule has 6 nitrogen and oxygen atoms in total. The van der Waals surface area contributed by atoms with Crippen molar-refractivity contribution in [1.29, 1.82) is 0 Å². The maximum absolute atomic E-state index is 11.6. The van der Waals surface area contributed by atoms with Crippen LogP contribution in [-0.2, 0) is 4.79 Å². The number of likely N-dealkylation sites (N-methyl/N-ethyl adjacent to an activating group) is 1. The molecule has 8 heteroatoms. The monoisotopic (exact) mass is 289 g/mol. The highest BCUT2D eigenvalue weighted by Crippen LogP contribution is 2.28. The third kappa shape index (κ3) is 3.11. The SMILES string of the molecule is CN(CC(=O)NC1CC1)c1nc(Cl)c(C(=O)O)s1. The number of anilines is 1. The molecule has 0 radical (unpaired) electrons. The molecule has 0 bridgehead atoms. The zero-order chi connectivity index (χ0) is 13.3. The van der Waals surface area contributed by atoms with Gasteiger partial charge >= 0.3 is 5.97 Å². The molecule has 1 aromatic rings. The van der Waals surface area contributed by atoms with Crippen LogP contribution in [0.4, 0.5) is 5.13 Å². The fourth-order valence-electron chi connectivity index (χ4n) is 1.37. The van der Waals surface area contributed by atoms with Crippen molar-refractivity contribution in [2.45, 2.75) is 18.9 Å². The zero-order valence-electron chi connectivity index (χ0n) is 9.64. The molecule has 18 heavy (non-hydrogen) atoms. The molecule has 0 saturated heterocycles. The molecule has 1 aromatic heterocycles. The van der Waals surface area contributed by atoms with Gasteiger partial charge in [-0.15, -0.1) is 0 Å². The number of thiazole rings is 1. The highest BCUT2D eigenvalue weighted by Gasteiger charge is 2.24. The fourth-order valence-corrected chi connectivity index (χ4v) is 2.45. The van der Waals surface area contributed by atoms with Gasteiger partial charge in [0.15, 0.2) is 15.2 Å². The number of aromatic nitrogens is 1. The van der Waals surface area contributed by atoms with Gasteiger partial charge in [0.2, 0.25) is 5.91 Å². The van der Waals surface area contributed by atoms with Crippen LogP contribution in [0.3, 0.4) is 0 Å². The minimum atomic E-state index is -1.11. The molecule has 0 unspecified atom stereocenters. The van der Waals surface area contributed by atoms with Gasteiger partial charge in [-0.1, -0.05) is 22.9 Å². The molecule has 0 aromatic carbocycles. The second-order valence-corrected chi connectivity index (χ2v) is 5.45.